The van der Waals surface area contributed by atoms with Crippen LogP contribution in [0.3, 0.4) is 0 Å². The maximum absolute atomic E-state index is 12.2. The van der Waals surface area contributed by atoms with Crippen LogP contribution in [0.1, 0.15) is 56.4 Å². The van der Waals surface area contributed by atoms with Crippen LogP contribution in [0.5, 0.6) is 5.75 Å². The second kappa shape index (κ2) is 9.09. The largest absolute Gasteiger partial charge is 0.496 e. The van der Waals surface area contributed by atoms with Crippen LogP contribution in [0.15, 0.2) is 24.3 Å². The van der Waals surface area contributed by atoms with Crippen LogP contribution in [0.2, 0.25) is 0 Å². The Balaban J connectivity index is 1.92. The average molecular weight is 321 g/mol. The Morgan fingerprint density at radius 3 is 2.68 bits per heavy atom. The number of unbranched alkanes of at least 4 members (excludes halogenated alkanes) is 5. The molecule has 2 rings (SSSR count). The Kier molecular flexibility index (Phi) is 7.10. The molecule has 1 aromatic carbocycles. The van der Waals surface area contributed by atoms with Crippen molar-refractivity contribution in [2.75, 3.05) is 19.4 Å². The molecular weight excluding hydrogens is 294 g/mol. The van der Waals surface area contributed by atoms with Crippen LogP contribution in [0, 0.1) is 0 Å². The van der Waals surface area contributed by atoms with Crippen LogP contribution < -0.4 is 4.74 Å². The fraction of sp³-hybridized carbons (Fsp3) is 0.611. The van der Waals surface area contributed by atoms with Crippen LogP contribution in [-0.4, -0.2) is 30.2 Å². The third-order valence-corrected chi connectivity index (χ3v) is 5.36. The monoisotopic (exact) mass is 321 g/mol. The van der Waals surface area contributed by atoms with E-state index in [-0.39, 0.29) is 11.3 Å². The number of hydrogen-bond donors (Lipinski definition) is 0. The molecule has 1 amide bonds. The first-order valence-electron chi connectivity index (χ1n) is 8.32. The summed E-state index contributed by atoms with van der Waals surface area (Å²) in [5.74, 6) is 1.72. The minimum absolute atomic E-state index is 0.110. The summed E-state index contributed by atoms with van der Waals surface area (Å²) in [7, 11) is 1.69. The molecule has 0 radical (unpaired) electrons. The van der Waals surface area contributed by atoms with Crippen LogP contribution in [0.25, 0.3) is 0 Å². The van der Waals surface area contributed by atoms with Crippen LogP contribution in [-0.2, 0) is 4.79 Å². The minimum atomic E-state index is 0.110. The molecule has 0 saturated carbocycles. The predicted octanol–water partition coefficient (Wildman–Crippen LogP) is 4.63. The van der Waals surface area contributed by atoms with E-state index >= 15 is 0 Å². The summed E-state index contributed by atoms with van der Waals surface area (Å²) in [4.78, 5) is 14.2. The summed E-state index contributed by atoms with van der Waals surface area (Å²) < 4.78 is 5.46. The van der Waals surface area contributed by atoms with Gasteiger partial charge in [-0.3, -0.25) is 4.79 Å². The fourth-order valence-corrected chi connectivity index (χ4v) is 4.13. The van der Waals surface area contributed by atoms with Gasteiger partial charge in [0.2, 0.25) is 5.91 Å². The highest BCUT2D eigenvalue weighted by molar-refractivity contribution is 8.00. The molecule has 122 valence electrons. The predicted molar refractivity (Wildman–Crippen MR) is 93.3 cm³/mol. The Morgan fingerprint density at radius 2 is 1.91 bits per heavy atom. The lowest BCUT2D eigenvalue weighted by molar-refractivity contribution is -0.128. The topological polar surface area (TPSA) is 29.5 Å². The molecule has 0 aliphatic carbocycles. The molecule has 1 unspecified atom stereocenters. The summed E-state index contributed by atoms with van der Waals surface area (Å²) in [6.45, 7) is 3.10. The SMILES string of the molecule is CCCCCCCCN1C(=O)CSC1c1ccccc1OC. The summed E-state index contributed by atoms with van der Waals surface area (Å²) >= 11 is 1.71. The number of nitrogens with zero attached hydrogens (tertiary/aromatic N) is 1. The van der Waals surface area contributed by atoms with Crippen molar-refractivity contribution >= 4 is 17.7 Å². The van der Waals surface area contributed by atoms with Crippen molar-refractivity contribution in [3.63, 3.8) is 0 Å². The van der Waals surface area contributed by atoms with Gasteiger partial charge in [-0.2, -0.15) is 0 Å². The highest BCUT2D eigenvalue weighted by Gasteiger charge is 2.33. The molecule has 0 bridgehead atoms. The van der Waals surface area contributed by atoms with Gasteiger partial charge >= 0.3 is 0 Å². The second-order valence-electron chi connectivity index (χ2n) is 5.76. The smallest absolute Gasteiger partial charge is 0.233 e. The van der Waals surface area contributed by atoms with Gasteiger partial charge in [-0.1, -0.05) is 57.2 Å². The first-order chi connectivity index (χ1) is 10.8. The van der Waals surface area contributed by atoms with E-state index in [1.54, 1.807) is 18.9 Å². The van der Waals surface area contributed by atoms with E-state index < -0.39 is 0 Å². The number of ether oxygens (including phenoxy) is 1. The number of benzene rings is 1. The molecule has 0 spiro atoms. The van der Waals surface area contributed by atoms with Gasteiger partial charge < -0.3 is 9.64 Å². The Labute approximate surface area is 138 Å². The van der Waals surface area contributed by atoms with Crippen molar-refractivity contribution in [2.45, 2.75) is 50.8 Å². The van der Waals surface area contributed by atoms with Crippen LogP contribution >= 0.6 is 11.8 Å². The maximum atomic E-state index is 12.2. The highest BCUT2D eigenvalue weighted by Crippen LogP contribution is 2.42. The number of para-hydroxylation sites is 1. The van der Waals surface area contributed by atoms with Crippen molar-refractivity contribution in [1.82, 2.24) is 4.90 Å². The normalized spacial score (nSPS) is 18.0. The zero-order valence-electron chi connectivity index (χ0n) is 13.7. The zero-order valence-corrected chi connectivity index (χ0v) is 14.5. The summed E-state index contributed by atoms with van der Waals surface area (Å²) in [6.07, 6.45) is 7.51. The Morgan fingerprint density at radius 1 is 1.18 bits per heavy atom. The van der Waals surface area contributed by atoms with Gasteiger partial charge in [0, 0.05) is 12.1 Å². The van der Waals surface area contributed by atoms with E-state index in [2.05, 4.69) is 13.0 Å². The van der Waals surface area contributed by atoms with E-state index in [9.17, 15) is 4.79 Å². The third-order valence-electron chi connectivity index (χ3n) is 4.13. The molecule has 3 nitrogen and oxygen atoms in total. The number of amides is 1. The van der Waals surface area contributed by atoms with E-state index in [0.717, 1.165) is 24.3 Å². The molecule has 1 aromatic rings. The van der Waals surface area contributed by atoms with Crippen molar-refractivity contribution < 1.29 is 9.53 Å². The highest BCUT2D eigenvalue weighted by atomic mass is 32.2. The summed E-state index contributed by atoms with van der Waals surface area (Å²) in [5.41, 5.74) is 1.12. The van der Waals surface area contributed by atoms with E-state index in [0.29, 0.717) is 5.75 Å². The quantitative estimate of drug-likeness (QED) is 0.621. The molecule has 1 atom stereocenters. The van der Waals surface area contributed by atoms with Gasteiger partial charge in [0.15, 0.2) is 0 Å². The number of carbonyl (C=O) groups is 1. The molecule has 4 heteroatoms. The molecule has 22 heavy (non-hydrogen) atoms. The van der Waals surface area contributed by atoms with Crippen molar-refractivity contribution in [3.8, 4) is 5.75 Å². The fourth-order valence-electron chi connectivity index (χ4n) is 2.89. The van der Waals surface area contributed by atoms with Crippen LogP contribution in [0.4, 0.5) is 0 Å². The van der Waals surface area contributed by atoms with Crippen molar-refractivity contribution in [3.05, 3.63) is 29.8 Å². The number of rotatable bonds is 9. The minimum Gasteiger partial charge on any atom is -0.496 e. The maximum Gasteiger partial charge on any atom is 0.233 e. The number of hydrogen-bond acceptors (Lipinski definition) is 3. The Hall–Kier alpha value is -1.16. The van der Waals surface area contributed by atoms with Gasteiger partial charge in [-0.15, -0.1) is 11.8 Å². The lowest BCUT2D eigenvalue weighted by Gasteiger charge is -2.25. The molecule has 1 aliphatic rings. The molecule has 1 heterocycles. The van der Waals surface area contributed by atoms with E-state index in [1.165, 1.54) is 32.1 Å². The lowest BCUT2D eigenvalue weighted by Crippen LogP contribution is -2.29. The second-order valence-corrected chi connectivity index (χ2v) is 6.83. The molecule has 0 N–H and O–H groups in total. The van der Waals surface area contributed by atoms with Crippen molar-refractivity contribution in [1.29, 1.82) is 0 Å². The first kappa shape index (κ1) is 17.2. The standard InChI is InChI=1S/C18H27NO2S/c1-3-4-5-6-7-10-13-19-17(20)14-22-18(19)15-11-8-9-12-16(15)21-2/h8-9,11-12,18H,3-7,10,13-14H2,1-2H3. The number of methoxy groups -OCH3 is 1. The van der Waals surface area contributed by atoms with Crippen molar-refractivity contribution in [2.24, 2.45) is 0 Å². The third kappa shape index (κ3) is 4.42. The zero-order chi connectivity index (χ0) is 15.8. The molecule has 1 aliphatic heterocycles. The van der Waals surface area contributed by atoms with E-state index in [4.69, 9.17) is 4.74 Å². The lowest BCUT2D eigenvalue weighted by atomic mass is 10.1. The summed E-state index contributed by atoms with van der Waals surface area (Å²) in [5, 5.41) is 0.110. The molecular formula is C18H27NO2S. The summed E-state index contributed by atoms with van der Waals surface area (Å²) in [6, 6.07) is 8.04. The van der Waals surface area contributed by atoms with Gasteiger partial charge in [-0.05, 0) is 12.5 Å². The number of thioether (sulfide) groups is 1. The molecule has 1 fully saturated rings. The average Bonchev–Trinajstić information content (AvgIpc) is 2.91. The van der Waals surface area contributed by atoms with Gasteiger partial charge in [0.25, 0.3) is 0 Å². The van der Waals surface area contributed by atoms with Gasteiger partial charge in [-0.25, -0.2) is 0 Å². The molecule has 1 saturated heterocycles. The van der Waals surface area contributed by atoms with E-state index in [1.807, 2.05) is 23.1 Å². The van der Waals surface area contributed by atoms with Gasteiger partial charge in [0.1, 0.15) is 11.1 Å². The Bertz CT molecular complexity index is 478. The van der Waals surface area contributed by atoms with Gasteiger partial charge in [0.05, 0.1) is 12.9 Å². The molecule has 0 aromatic heterocycles. The number of carbonyl (C=O) groups excluding carboxylic acids is 1. The first-order valence-corrected chi connectivity index (χ1v) is 9.36.